The van der Waals surface area contributed by atoms with Crippen molar-refractivity contribution < 1.29 is 4.74 Å². The molecular weight excluding hydrogens is 262 g/mol. The van der Waals surface area contributed by atoms with Gasteiger partial charge >= 0.3 is 0 Å². The molecule has 5 heteroatoms. The van der Waals surface area contributed by atoms with E-state index in [1.165, 1.54) is 6.20 Å². The molecule has 1 N–H and O–H groups in total. The second kappa shape index (κ2) is 5.12. The highest BCUT2D eigenvalue weighted by Gasteiger charge is 2.03. The molecule has 2 aromatic carbocycles. The van der Waals surface area contributed by atoms with Crippen LogP contribution < -0.4 is 4.74 Å². The number of hydrogen-bond acceptors (Lipinski definition) is 3. The smallest absolute Gasteiger partial charge is 0.258 e. The van der Waals surface area contributed by atoms with Gasteiger partial charge in [-0.3, -0.25) is 0 Å². The summed E-state index contributed by atoms with van der Waals surface area (Å²) < 4.78 is 5.57. The minimum atomic E-state index is 0.434. The van der Waals surface area contributed by atoms with Gasteiger partial charge in [0.2, 0.25) is 0 Å². The fourth-order valence-electron chi connectivity index (χ4n) is 1.77. The Morgan fingerprint density at radius 2 is 1.79 bits per heavy atom. The molecule has 0 aliphatic carbocycles. The number of rotatable bonds is 3. The summed E-state index contributed by atoms with van der Waals surface area (Å²) >= 11 is 6.00. The molecule has 0 saturated heterocycles. The van der Waals surface area contributed by atoms with Gasteiger partial charge in [0.1, 0.15) is 11.9 Å². The van der Waals surface area contributed by atoms with Crippen LogP contribution in [0.25, 0.3) is 11.1 Å². The largest absolute Gasteiger partial charge is 0.436 e. The lowest BCUT2D eigenvalue weighted by atomic mass is 10.1. The number of H-pyrrole nitrogens is 1. The van der Waals surface area contributed by atoms with Crippen LogP contribution in [0.4, 0.5) is 0 Å². The monoisotopic (exact) mass is 271 g/mol. The summed E-state index contributed by atoms with van der Waals surface area (Å²) in [6, 6.07) is 15.4. The summed E-state index contributed by atoms with van der Waals surface area (Å²) in [5.41, 5.74) is 2.07. The van der Waals surface area contributed by atoms with Gasteiger partial charge in [0.15, 0.2) is 0 Å². The zero-order chi connectivity index (χ0) is 13.1. The van der Waals surface area contributed by atoms with Crippen LogP contribution in [0.1, 0.15) is 0 Å². The Morgan fingerprint density at radius 1 is 1.00 bits per heavy atom. The summed E-state index contributed by atoms with van der Waals surface area (Å²) in [6.45, 7) is 0. The summed E-state index contributed by atoms with van der Waals surface area (Å²) in [6.07, 6.45) is 1.52. The van der Waals surface area contributed by atoms with E-state index in [2.05, 4.69) is 15.4 Å². The standard InChI is InChI=1S/C14H10ClN3O/c15-12-5-1-3-10(7-12)11-4-2-6-13(8-11)19-14-9-16-18-17-14/h1-9H,(H,16,17,18). The van der Waals surface area contributed by atoms with Crippen molar-refractivity contribution >= 4 is 11.6 Å². The zero-order valence-electron chi connectivity index (χ0n) is 9.88. The Bertz CT molecular complexity index is 683. The molecule has 1 heterocycles. The van der Waals surface area contributed by atoms with Crippen molar-refractivity contribution in [1.82, 2.24) is 15.4 Å². The van der Waals surface area contributed by atoms with Crippen molar-refractivity contribution in [3.8, 4) is 22.8 Å². The van der Waals surface area contributed by atoms with Crippen molar-refractivity contribution in [3.05, 3.63) is 59.8 Å². The lowest BCUT2D eigenvalue weighted by molar-refractivity contribution is 0.462. The molecule has 0 spiro atoms. The maximum absolute atomic E-state index is 6.00. The Labute approximate surface area is 115 Å². The lowest BCUT2D eigenvalue weighted by Crippen LogP contribution is -1.85. The summed E-state index contributed by atoms with van der Waals surface area (Å²) in [5.74, 6) is 1.13. The van der Waals surface area contributed by atoms with Crippen LogP contribution >= 0.6 is 11.6 Å². The maximum atomic E-state index is 6.00. The molecule has 0 amide bonds. The van der Waals surface area contributed by atoms with Gasteiger partial charge in [-0.1, -0.05) is 35.9 Å². The van der Waals surface area contributed by atoms with Crippen molar-refractivity contribution in [1.29, 1.82) is 0 Å². The van der Waals surface area contributed by atoms with Crippen LogP contribution in [0.15, 0.2) is 54.7 Å². The first-order valence-corrected chi connectivity index (χ1v) is 6.09. The highest BCUT2D eigenvalue weighted by molar-refractivity contribution is 6.30. The molecule has 1 aromatic heterocycles. The minimum absolute atomic E-state index is 0.434. The molecule has 0 unspecified atom stereocenters. The van der Waals surface area contributed by atoms with Gasteiger partial charge in [0, 0.05) is 5.02 Å². The van der Waals surface area contributed by atoms with Crippen LogP contribution in [0.3, 0.4) is 0 Å². The summed E-state index contributed by atoms with van der Waals surface area (Å²) in [7, 11) is 0. The number of nitrogens with one attached hydrogen (secondary N) is 1. The predicted molar refractivity (Wildman–Crippen MR) is 73.3 cm³/mol. The number of halogens is 1. The Hall–Kier alpha value is -2.33. The van der Waals surface area contributed by atoms with E-state index in [0.717, 1.165) is 11.1 Å². The predicted octanol–water partition coefficient (Wildman–Crippen LogP) is 3.92. The summed E-state index contributed by atoms with van der Waals surface area (Å²) in [5, 5.41) is 10.8. The van der Waals surface area contributed by atoms with E-state index >= 15 is 0 Å². The van der Waals surface area contributed by atoms with Crippen molar-refractivity contribution in [2.45, 2.75) is 0 Å². The highest BCUT2D eigenvalue weighted by atomic mass is 35.5. The fourth-order valence-corrected chi connectivity index (χ4v) is 1.96. The van der Waals surface area contributed by atoms with E-state index in [-0.39, 0.29) is 0 Å². The minimum Gasteiger partial charge on any atom is -0.436 e. The molecule has 0 fully saturated rings. The van der Waals surface area contributed by atoms with E-state index in [9.17, 15) is 0 Å². The third-order valence-corrected chi connectivity index (χ3v) is 2.84. The van der Waals surface area contributed by atoms with Crippen LogP contribution in [0, 0.1) is 0 Å². The van der Waals surface area contributed by atoms with E-state index in [1.807, 2.05) is 48.5 Å². The molecule has 94 valence electrons. The number of hydrogen-bond donors (Lipinski definition) is 1. The highest BCUT2D eigenvalue weighted by Crippen LogP contribution is 2.27. The van der Waals surface area contributed by atoms with Crippen molar-refractivity contribution in [2.75, 3.05) is 0 Å². The van der Waals surface area contributed by atoms with E-state index in [1.54, 1.807) is 0 Å². The van der Waals surface area contributed by atoms with Gasteiger partial charge in [0.05, 0.1) is 0 Å². The van der Waals surface area contributed by atoms with Crippen LogP contribution in [-0.2, 0) is 0 Å². The molecule has 3 aromatic rings. The third-order valence-electron chi connectivity index (χ3n) is 2.61. The number of benzene rings is 2. The first-order chi connectivity index (χ1) is 9.31. The molecule has 0 aliphatic heterocycles. The molecule has 0 saturated carbocycles. The maximum Gasteiger partial charge on any atom is 0.258 e. The lowest BCUT2D eigenvalue weighted by Gasteiger charge is -2.05. The molecule has 4 nitrogen and oxygen atoms in total. The second-order valence-electron chi connectivity index (χ2n) is 3.95. The normalized spacial score (nSPS) is 10.4. The average Bonchev–Trinajstić information content (AvgIpc) is 2.92. The van der Waals surface area contributed by atoms with Crippen LogP contribution in [-0.4, -0.2) is 15.4 Å². The van der Waals surface area contributed by atoms with Gasteiger partial charge in [-0.25, -0.2) is 0 Å². The molecule has 0 atom stereocenters. The van der Waals surface area contributed by atoms with Crippen molar-refractivity contribution in [3.63, 3.8) is 0 Å². The molecular formula is C14H10ClN3O. The van der Waals surface area contributed by atoms with Gasteiger partial charge in [-0.15, -0.1) is 5.10 Å². The number of ether oxygens (including phenoxy) is 1. The van der Waals surface area contributed by atoms with E-state index < -0.39 is 0 Å². The zero-order valence-corrected chi connectivity index (χ0v) is 10.6. The van der Waals surface area contributed by atoms with Gasteiger partial charge in [0.25, 0.3) is 5.88 Å². The van der Waals surface area contributed by atoms with Gasteiger partial charge in [-0.05, 0) is 35.4 Å². The Morgan fingerprint density at radius 3 is 2.53 bits per heavy atom. The summed E-state index contributed by atoms with van der Waals surface area (Å²) in [4.78, 5) is 0. The molecule has 0 radical (unpaired) electrons. The van der Waals surface area contributed by atoms with Gasteiger partial charge in [-0.2, -0.15) is 10.3 Å². The third kappa shape index (κ3) is 2.74. The van der Waals surface area contributed by atoms with Gasteiger partial charge < -0.3 is 4.74 Å². The van der Waals surface area contributed by atoms with Crippen molar-refractivity contribution in [2.24, 2.45) is 0 Å². The first-order valence-electron chi connectivity index (χ1n) is 5.71. The molecule has 0 aliphatic rings. The molecule has 19 heavy (non-hydrogen) atoms. The number of aromatic amines is 1. The number of aromatic nitrogens is 3. The van der Waals surface area contributed by atoms with E-state index in [0.29, 0.717) is 16.7 Å². The fraction of sp³-hybridized carbons (Fsp3) is 0. The molecule has 0 bridgehead atoms. The molecule has 3 rings (SSSR count). The topological polar surface area (TPSA) is 50.8 Å². The quantitative estimate of drug-likeness (QED) is 0.785. The Kier molecular flexibility index (Phi) is 3.16. The first kappa shape index (κ1) is 11.7. The average molecular weight is 272 g/mol. The Balaban J connectivity index is 1.91. The van der Waals surface area contributed by atoms with E-state index in [4.69, 9.17) is 16.3 Å². The number of nitrogens with zero attached hydrogens (tertiary/aromatic N) is 2. The van der Waals surface area contributed by atoms with Crippen LogP contribution in [0.5, 0.6) is 11.6 Å². The van der Waals surface area contributed by atoms with Crippen LogP contribution in [0.2, 0.25) is 5.02 Å². The second-order valence-corrected chi connectivity index (χ2v) is 4.38. The SMILES string of the molecule is Clc1cccc(-c2cccc(Oc3cn[nH]n3)c2)c1.